The molecule has 0 aliphatic carbocycles. The average Bonchev–Trinajstić information content (AvgIpc) is 3.44. The molecule has 0 spiro atoms. The summed E-state index contributed by atoms with van der Waals surface area (Å²) in [6.07, 6.45) is 6.70. The Kier molecular flexibility index (Phi) is 5.78. The highest BCUT2D eigenvalue weighted by atomic mass is 32.2. The zero-order valence-electron chi connectivity index (χ0n) is 17.6. The molecule has 4 heterocycles. The number of fused-ring (bicyclic) bond motifs is 1. The van der Waals surface area contributed by atoms with Gasteiger partial charge in [-0.15, -0.1) is 0 Å². The predicted molar refractivity (Wildman–Crippen MR) is 124 cm³/mol. The van der Waals surface area contributed by atoms with Crippen LogP contribution in [0.1, 0.15) is 25.0 Å². The normalized spacial score (nSPS) is 16.2. The van der Waals surface area contributed by atoms with Gasteiger partial charge in [-0.25, -0.2) is 9.97 Å². The molecule has 0 saturated carbocycles. The van der Waals surface area contributed by atoms with E-state index in [1.165, 1.54) is 11.8 Å². The number of aryl methyl sites for hydroxylation is 1. The van der Waals surface area contributed by atoms with E-state index in [9.17, 15) is 4.79 Å². The number of aromatic nitrogens is 5. The molecule has 4 N–H and O–H groups in total. The Hall–Kier alpha value is -3.37. The number of rotatable bonds is 6. The molecule has 1 amide bonds. The quantitative estimate of drug-likeness (QED) is 0.333. The smallest absolute Gasteiger partial charge is 0.241 e. The van der Waals surface area contributed by atoms with E-state index in [4.69, 9.17) is 4.98 Å². The predicted octanol–water partition coefficient (Wildman–Crippen LogP) is 3.74. The molecular formula is C22H24N8OS. The molecule has 4 aromatic rings. The molecule has 1 fully saturated rings. The molecule has 1 aliphatic heterocycles. The third-order valence-corrected chi connectivity index (χ3v) is 6.21. The van der Waals surface area contributed by atoms with Gasteiger partial charge in [0.15, 0.2) is 5.82 Å². The van der Waals surface area contributed by atoms with Crippen LogP contribution in [0.4, 0.5) is 17.5 Å². The van der Waals surface area contributed by atoms with Crippen molar-refractivity contribution in [3.05, 3.63) is 54.5 Å². The van der Waals surface area contributed by atoms with Crippen molar-refractivity contribution in [3.8, 4) is 0 Å². The highest BCUT2D eigenvalue weighted by Crippen LogP contribution is 2.29. The van der Waals surface area contributed by atoms with Gasteiger partial charge in [0.2, 0.25) is 11.9 Å². The summed E-state index contributed by atoms with van der Waals surface area (Å²) in [4.78, 5) is 22.6. The number of nitrogens with one attached hydrogen (secondary N) is 4. The summed E-state index contributed by atoms with van der Waals surface area (Å²) in [5, 5.41) is 17.5. The first kappa shape index (κ1) is 20.5. The van der Waals surface area contributed by atoms with E-state index in [-0.39, 0.29) is 11.9 Å². The Morgan fingerprint density at radius 2 is 2.09 bits per heavy atom. The SMILES string of the molecule is Cc1cc(Nc2nc(Sc3ccc(NC(=O)C4CCCCN4)cc3)cc3nccn23)n[nH]1. The minimum atomic E-state index is -0.104. The lowest BCUT2D eigenvalue weighted by Gasteiger charge is -2.22. The van der Waals surface area contributed by atoms with Crippen LogP contribution in [0.2, 0.25) is 0 Å². The maximum absolute atomic E-state index is 12.4. The van der Waals surface area contributed by atoms with Crippen molar-refractivity contribution in [3.63, 3.8) is 0 Å². The van der Waals surface area contributed by atoms with Gasteiger partial charge in [-0.05, 0) is 50.6 Å². The maximum atomic E-state index is 12.4. The molecule has 1 saturated heterocycles. The summed E-state index contributed by atoms with van der Waals surface area (Å²) in [6.45, 7) is 2.85. The second-order valence-electron chi connectivity index (χ2n) is 7.75. The summed E-state index contributed by atoms with van der Waals surface area (Å²) in [5.74, 6) is 1.36. The molecule has 1 atom stereocenters. The fourth-order valence-corrected chi connectivity index (χ4v) is 4.48. The third kappa shape index (κ3) is 4.61. The Morgan fingerprint density at radius 3 is 2.84 bits per heavy atom. The van der Waals surface area contributed by atoms with E-state index < -0.39 is 0 Å². The van der Waals surface area contributed by atoms with Crippen LogP contribution in [-0.2, 0) is 4.79 Å². The van der Waals surface area contributed by atoms with Crippen LogP contribution >= 0.6 is 11.8 Å². The van der Waals surface area contributed by atoms with Crippen molar-refractivity contribution in [2.45, 2.75) is 42.1 Å². The number of carbonyl (C=O) groups excluding carboxylic acids is 1. The van der Waals surface area contributed by atoms with Gasteiger partial charge >= 0.3 is 0 Å². The van der Waals surface area contributed by atoms with Crippen LogP contribution in [0.3, 0.4) is 0 Å². The van der Waals surface area contributed by atoms with Crippen molar-refractivity contribution in [2.24, 2.45) is 0 Å². The highest BCUT2D eigenvalue weighted by Gasteiger charge is 2.20. The first-order valence-electron chi connectivity index (χ1n) is 10.6. The fourth-order valence-electron chi connectivity index (χ4n) is 3.67. The lowest BCUT2D eigenvalue weighted by Crippen LogP contribution is -2.43. The van der Waals surface area contributed by atoms with Crippen LogP contribution in [0.15, 0.2) is 58.7 Å². The lowest BCUT2D eigenvalue weighted by molar-refractivity contribution is -0.118. The van der Waals surface area contributed by atoms with E-state index in [1.54, 1.807) is 6.20 Å². The van der Waals surface area contributed by atoms with Gasteiger partial charge < -0.3 is 16.0 Å². The Balaban J connectivity index is 1.30. The molecule has 0 bridgehead atoms. The van der Waals surface area contributed by atoms with Gasteiger partial charge in [0.05, 0.1) is 6.04 Å². The van der Waals surface area contributed by atoms with Crippen LogP contribution in [-0.4, -0.2) is 43.1 Å². The number of nitrogens with zero attached hydrogens (tertiary/aromatic N) is 4. The molecule has 1 unspecified atom stereocenters. The van der Waals surface area contributed by atoms with E-state index in [1.807, 2.05) is 53.9 Å². The number of hydrogen-bond acceptors (Lipinski definition) is 7. The van der Waals surface area contributed by atoms with E-state index >= 15 is 0 Å². The molecule has 164 valence electrons. The van der Waals surface area contributed by atoms with Crippen molar-refractivity contribution < 1.29 is 4.79 Å². The fraction of sp³-hybridized carbons (Fsp3) is 0.273. The molecule has 3 aromatic heterocycles. The number of hydrogen-bond donors (Lipinski definition) is 4. The van der Waals surface area contributed by atoms with E-state index in [0.29, 0.717) is 11.8 Å². The van der Waals surface area contributed by atoms with Crippen LogP contribution in [0, 0.1) is 6.92 Å². The summed E-state index contributed by atoms with van der Waals surface area (Å²) in [7, 11) is 0. The molecule has 1 aromatic carbocycles. The van der Waals surface area contributed by atoms with Crippen molar-refractivity contribution in [1.82, 2.24) is 29.9 Å². The second-order valence-corrected chi connectivity index (χ2v) is 8.85. The number of anilines is 3. The second kappa shape index (κ2) is 9.01. The number of H-pyrrole nitrogens is 1. The molecule has 9 nitrogen and oxygen atoms in total. The van der Waals surface area contributed by atoms with Gasteiger partial charge in [-0.1, -0.05) is 18.2 Å². The topological polar surface area (TPSA) is 112 Å². The zero-order valence-corrected chi connectivity index (χ0v) is 18.4. The summed E-state index contributed by atoms with van der Waals surface area (Å²) < 4.78 is 1.88. The zero-order chi connectivity index (χ0) is 21.9. The van der Waals surface area contributed by atoms with Crippen molar-refractivity contribution in [1.29, 1.82) is 0 Å². The van der Waals surface area contributed by atoms with E-state index in [0.717, 1.165) is 52.8 Å². The number of aromatic amines is 1. The largest absolute Gasteiger partial charge is 0.325 e. The van der Waals surface area contributed by atoms with Crippen molar-refractivity contribution >= 4 is 40.8 Å². The lowest BCUT2D eigenvalue weighted by atomic mass is 10.0. The standard InChI is InChI=1S/C22H24N8OS/c1-14-12-18(29-28-14)26-22-27-20(13-19-24-10-11-30(19)22)32-16-7-5-15(6-8-16)25-21(31)17-4-2-3-9-23-17/h5-8,10-13,17,23H,2-4,9H2,1H3,(H,25,31)(H2,26,27,28,29). The number of piperidine rings is 1. The Bertz CT molecular complexity index is 1230. The summed E-state index contributed by atoms with van der Waals surface area (Å²) in [6, 6.07) is 11.6. The summed E-state index contributed by atoms with van der Waals surface area (Å²) in [5.41, 5.74) is 2.55. The summed E-state index contributed by atoms with van der Waals surface area (Å²) >= 11 is 1.53. The first-order chi connectivity index (χ1) is 15.6. The number of benzene rings is 1. The monoisotopic (exact) mass is 448 g/mol. The van der Waals surface area contributed by atoms with Gasteiger partial charge in [0, 0.05) is 40.8 Å². The molecule has 10 heteroatoms. The molecule has 32 heavy (non-hydrogen) atoms. The van der Waals surface area contributed by atoms with Gasteiger partial charge in [0.25, 0.3) is 0 Å². The highest BCUT2D eigenvalue weighted by molar-refractivity contribution is 7.99. The number of carbonyl (C=O) groups is 1. The van der Waals surface area contributed by atoms with Gasteiger partial charge in [-0.2, -0.15) is 5.10 Å². The van der Waals surface area contributed by atoms with E-state index in [2.05, 4.69) is 31.1 Å². The van der Waals surface area contributed by atoms with Gasteiger partial charge in [0.1, 0.15) is 10.7 Å². The minimum Gasteiger partial charge on any atom is -0.325 e. The van der Waals surface area contributed by atoms with Gasteiger partial charge in [-0.3, -0.25) is 14.3 Å². The number of imidazole rings is 1. The molecule has 0 radical (unpaired) electrons. The Morgan fingerprint density at radius 1 is 1.22 bits per heavy atom. The van der Waals surface area contributed by atoms with Crippen LogP contribution in [0.5, 0.6) is 0 Å². The third-order valence-electron chi connectivity index (χ3n) is 5.28. The first-order valence-corrected chi connectivity index (χ1v) is 11.4. The minimum absolute atomic E-state index is 0.0286. The van der Waals surface area contributed by atoms with Crippen LogP contribution in [0.25, 0.3) is 5.65 Å². The molecular weight excluding hydrogens is 424 g/mol. The maximum Gasteiger partial charge on any atom is 0.241 e. The Labute approximate surface area is 189 Å². The average molecular weight is 449 g/mol. The van der Waals surface area contributed by atoms with Crippen molar-refractivity contribution in [2.75, 3.05) is 17.2 Å². The van der Waals surface area contributed by atoms with Crippen LogP contribution < -0.4 is 16.0 Å². The number of amides is 1. The molecule has 1 aliphatic rings. The molecule has 5 rings (SSSR count).